The number of nitrogens with one attached hydrogen (secondary N) is 4. The number of thiophene rings is 1. The average Bonchev–Trinajstić information content (AvgIpc) is 3.32. The maximum Gasteiger partial charge on any atom is 0.287 e. The lowest BCUT2D eigenvalue weighted by molar-refractivity contribution is -0.137. The maximum absolute atomic E-state index is 13.3. The molecule has 0 saturated carbocycles. The van der Waals surface area contributed by atoms with Gasteiger partial charge in [-0.1, -0.05) is 71.2 Å². The third kappa shape index (κ3) is 9.88. The van der Waals surface area contributed by atoms with Crippen molar-refractivity contribution in [3.8, 4) is 0 Å². The molecule has 3 unspecified atom stereocenters. The highest BCUT2D eigenvalue weighted by Crippen LogP contribution is 2.46. The van der Waals surface area contributed by atoms with E-state index in [-0.39, 0.29) is 62.1 Å². The van der Waals surface area contributed by atoms with Gasteiger partial charge in [-0.15, -0.1) is 11.3 Å². The maximum atomic E-state index is 13.3. The first-order valence-corrected chi connectivity index (χ1v) is 16.4. The Kier molecular flexibility index (Phi) is 13.8. The monoisotopic (exact) mass is 683 g/mol. The molecule has 2 aromatic heterocycles. The second-order valence-corrected chi connectivity index (χ2v) is 14.4. The Balaban J connectivity index is 2.26. The van der Waals surface area contributed by atoms with Gasteiger partial charge in [0.05, 0.1) is 9.90 Å². The lowest BCUT2D eigenvalue weighted by Crippen LogP contribution is -2.53. The van der Waals surface area contributed by atoms with Crippen molar-refractivity contribution in [2.24, 2.45) is 10.8 Å². The van der Waals surface area contributed by atoms with Gasteiger partial charge in [0.25, 0.3) is 17.4 Å². The van der Waals surface area contributed by atoms with Gasteiger partial charge in [-0.3, -0.25) is 28.8 Å². The van der Waals surface area contributed by atoms with Gasteiger partial charge >= 0.3 is 0 Å². The molecule has 0 bridgehead atoms. The summed E-state index contributed by atoms with van der Waals surface area (Å²) in [5.41, 5.74) is -1.02. The van der Waals surface area contributed by atoms with Gasteiger partial charge in [-0.05, 0) is 48.3 Å². The number of halogens is 2. The second kappa shape index (κ2) is 16.4. The van der Waals surface area contributed by atoms with E-state index in [2.05, 4.69) is 55.9 Å². The smallest absolute Gasteiger partial charge is 0.287 e. The topological polar surface area (TPSA) is 155 Å². The molecule has 0 aromatic carbocycles. The number of hydrogen-bond acceptors (Lipinski definition) is 7. The highest BCUT2D eigenvalue weighted by molar-refractivity contribution is 7.20. The third-order valence-corrected chi connectivity index (χ3v) is 9.74. The Morgan fingerprint density at radius 2 is 1.71 bits per heavy atom. The summed E-state index contributed by atoms with van der Waals surface area (Å²) in [4.78, 5) is 76.6. The van der Waals surface area contributed by atoms with Crippen LogP contribution in [0, 0.1) is 10.8 Å². The first-order chi connectivity index (χ1) is 21.0. The van der Waals surface area contributed by atoms with Crippen molar-refractivity contribution in [3.05, 3.63) is 49.0 Å². The van der Waals surface area contributed by atoms with Gasteiger partial charge in [0.1, 0.15) is 22.6 Å². The predicted molar refractivity (Wildman–Crippen MR) is 178 cm³/mol. The molecule has 14 heteroatoms. The van der Waals surface area contributed by atoms with Gasteiger partial charge in [-0.25, -0.2) is 0 Å². The molecular weight excluding hydrogens is 641 g/mol. The van der Waals surface area contributed by atoms with Gasteiger partial charge in [0.15, 0.2) is 0 Å². The molecule has 3 atom stereocenters. The van der Waals surface area contributed by atoms with E-state index in [1.165, 1.54) is 36.0 Å². The molecular formula is C31H43Cl2N5O6S. The van der Waals surface area contributed by atoms with Crippen LogP contribution in [0.15, 0.2) is 29.2 Å². The first kappa shape index (κ1) is 38.0. The lowest BCUT2D eigenvalue weighted by Gasteiger charge is -2.48. The number of Topliss-reactive ketones (excluding diaryl/α,β-unsaturated/α-hetero) is 1. The molecule has 0 aliphatic rings. The van der Waals surface area contributed by atoms with E-state index >= 15 is 0 Å². The Morgan fingerprint density at radius 3 is 2.24 bits per heavy atom. The van der Waals surface area contributed by atoms with Crippen molar-refractivity contribution >= 4 is 69.6 Å². The van der Waals surface area contributed by atoms with Crippen molar-refractivity contribution in [2.45, 2.75) is 92.3 Å². The molecule has 0 fully saturated rings. The molecule has 248 valence electrons. The Morgan fingerprint density at radius 1 is 1.04 bits per heavy atom. The van der Waals surface area contributed by atoms with Crippen LogP contribution in [0.5, 0.6) is 0 Å². The zero-order valence-corrected chi connectivity index (χ0v) is 29.1. The van der Waals surface area contributed by atoms with Crippen molar-refractivity contribution in [2.75, 3.05) is 12.4 Å². The van der Waals surface area contributed by atoms with E-state index in [9.17, 15) is 28.8 Å². The van der Waals surface area contributed by atoms with Crippen LogP contribution >= 0.6 is 34.5 Å². The number of pyridine rings is 1. The first-order valence-electron chi connectivity index (χ1n) is 14.8. The van der Waals surface area contributed by atoms with Crippen LogP contribution in [-0.2, 0) is 25.7 Å². The minimum absolute atomic E-state index is 0.0297. The fourth-order valence-electron chi connectivity index (χ4n) is 5.20. The summed E-state index contributed by atoms with van der Waals surface area (Å²) in [5.74, 6) is -3.52. The summed E-state index contributed by atoms with van der Waals surface area (Å²) >= 11 is 13.0. The minimum atomic E-state index is -1.32. The fourth-order valence-corrected chi connectivity index (χ4v) is 6.66. The minimum Gasteiger partial charge on any atom is -0.353 e. The van der Waals surface area contributed by atoms with Crippen LogP contribution in [0.25, 0.3) is 0 Å². The SMILES string of the molecule is CCCC(C)(C(CC)NC(=O)Cn1cccc(NC(=O)C(CCC(=O)C(=O)NC)NC(=O)c2cc(Cl)sc2Cl)c1=O)C(C)(C)C. The van der Waals surface area contributed by atoms with Gasteiger partial charge in [-0.2, -0.15) is 0 Å². The summed E-state index contributed by atoms with van der Waals surface area (Å²) in [7, 11) is 1.30. The molecule has 4 amide bonds. The summed E-state index contributed by atoms with van der Waals surface area (Å²) in [5, 5.41) is 10.3. The molecule has 0 saturated heterocycles. The van der Waals surface area contributed by atoms with Crippen LogP contribution < -0.4 is 26.8 Å². The number of carbonyl (C=O) groups is 5. The van der Waals surface area contributed by atoms with Crippen LogP contribution in [-0.4, -0.2) is 53.1 Å². The van der Waals surface area contributed by atoms with Gasteiger partial charge in [0.2, 0.25) is 17.6 Å². The van der Waals surface area contributed by atoms with E-state index in [1.54, 1.807) is 0 Å². The number of hydrogen-bond donors (Lipinski definition) is 4. The van der Waals surface area contributed by atoms with E-state index in [0.29, 0.717) is 6.42 Å². The summed E-state index contributed by atoms with van der Waals surface area (Å²) in [6, 6.07) is 2.76. The molecule has 2 rings (SSSR count). The molecule has 0 aliphatic heterocycles. The number of amides is 4. The van der Waals surface area contributed by atoms with Crippen molar-refractivity contribution in [3.63, 3.8) is 0 Å². The number of likely N-dealkylation sites (N-methyl/N-ethyl adjacent to an activating group) is 1. The second-order valence-electron chi connectivity index (χ2n) is 12.1. The highest BCUT2D eigenvalue weighted by Gasteiger charge is 2.43. The Labute approximate surface area is 277 Å². The number of anilines is 1. The average molecular weight is 685 g/mol. The highest BCUT2D eigenvalue weighted by atomic mass is 35.5. The molecule has 0 aliphatic carbocycles. The van der Waals surface area contributed by atoms with Crippen molar-refractivity contribution < 1.29 is 24.0 Å². The molecule has 4 N–H and O–H groups in total. The molecule has 11 nitrogen and oxygen atoms in total. The van der Waals surface area contributed by atoms with E-state index < -0.39 is 35.1 Å². The fraction of sp³-hybridized carbons (Fsp3) is 0.548. The molecule has 2 heterocycles. The van der Waals surface area contributed by atoms with Gasteiger partial charge in [0, 0.05) is 25.7 Å². The number of nitrogens with zero attached hydrogens (tertiary/aromatic N) is 1. The van der Waals surface area contributed by atoms with Gasteiger partial charge < -0.3 is 25.8 Å². The number of ketones is 1. The number of carbonyl (C=O) groups excluding carboxylic acids is 5. The van der Waals surface area contributed by atoms with E-state index in [1.807, 2.05) is 6.92 Å². The third-order valence-electron chi connectivity index (χ3n) is 8.25. The van der Waals surface area contributed by atoms with Crippen LogP contribution in [0.3, 0.4) is 0 Å². The number of aromatic nitrogens is 1. The van der Waals surface area contributed by atoms with Crippen LogP contribution in [0.4, 0.5) is 5.69 Å². The summed E-state index contributed by atoms with van der Waals surface area (Å²) < 4.78 is 1.54. The number of rotatable bonds is 15. The Bertz CT molecular complexity index is 1470. The zero-order chi connectivity index (χ0) is 34.1. The van der Waals surface area contributed by atoms with Crippen molar-refractivity contribution in [1.29, 1.82) is 0 Å². The molecule has 45 heavy (non-hydrogen) atoms. The quantitative estimate of drug-likeness (QED) is 0.198. The normalized spacial score (nSPS) is 14.1. The predicted octanol–water partition coefficient (Wildman–Crippen LogP) is 4.80. The van der Waals surface area contributed by atoms with Crippen molar-refractivity contribution in [1.82, 2.24) is 20.5 Å². The van der Waals surface area contributed by atoms with Crippen LogP contribution in [0.2, 0.25) is 8.67 Å². The standard InChI is InChI=1S/C31H43Cl2N5O6S/c1-8-14-31(6,30(3,4)5)22(9-2)37-24(40)17-38-15-10-11-20(29(38)44)36-27(42)19(12-13-21(39)28(43)34-7)35-26(41)18-16-23(32)45-25(18)33/h10-11,15-16,19,22H,8-9,12-14,17H2,1-7H3,(H,34,43)(H,35,41)(H,36,42)(H,37,40). The summed E-state index contributed by atoms with van der Waals surface area (Å²) in [6.45, 7) is 12.5. The molecule has 0 radical (unpaired) electrons. The Hall–Kier alpha value is -3.22. The van der Waals surface area contributed by atoms with E-state index in [4.69, 9.17) is 23.2 Å². The molecule has 0 spiro atoms. The summed E-state index contributed by atoms with van der Waals surface area (Å²) in [6.07, 6.45) is 3.41. The lowest BCUT2D eigenvalue weighted by atomic mass is 9.60. The zero-order valence-electron chi connectivity index (χ0n) is 26.8. The molecule has 2 aromatic rings. The largest absolute Gasteiger partial charge is 0.353 e. The van der Waals surface area contributed by atoms with Crippen LogP contribution in [0.1, 0.15) is 84.0 Å². The van der Waals surface area contributed by atoms with E-state index in [0.717, 1.165) is 24.2 Å².